The molecule has 0 N–H and O–H groups in total. The molecule has 0 radical (unpaired) electrons. The number of rotatable bonds is 2. The first-order valence-electron chi connectivity index (χ1n) is 10.3. The maximum atomic E-state index is 3.00. The first-order chi connectivity index (χ1) is 13.8. The zero-order valence-corrected chi connectivity index (χ0v) is 16.7. The van der Waals surface area contributed by atoms with Crippen molar-refractivity contribution >= 4 is 16.3 Å². The van der Waals surface area contributed by atoms with E-state index in [4.69, 9.17) is 0 Å². The quantitative estimate of drug-likeness (QED) is 0.404. The second-order valence-electron chi connectivity index (χ2n) is 7.78. The summed E-state index contributed by atoms with van der Waals surface area (Å²) in [5.74, 6) is 0.572. The SMILES string of the molecule is C=C.Cc1ccc2c(C3CCCC4=C3CC(c3ccccc3)=C4)cccc2c1. The van der Waals surface area contributed by atoms with E-state index in [0.717, 1.165) is 6.42 Å². The Morgan fingerprint density at radius 2 is 1.71 bits per heavy atom. The number of allylic oxidation sites excluding steroid dienone is 4. The van der Waals surface area contributed by atoms with Crippen LogP contribution in [0.5, 0.6) is 0 Å². The van der Waals surface area contributed by atoms with E-state index in [9.17, 15) is 0 Å². The second-order valence-corrected chi connectivity index (χ2v) is 7.78. The first kappa shape index (κ1) is 18.5. The molecule has 0 heterocycles. The molecule has 1 atom stereocenters. The molecule has 1 unspecified atom stereocenters. The van der Waals surface area contributed by atoms with Crippen LogP contribution in [-0.2, 0) is 0 Å². The summed E-state index contributed by atoms with van der Waals surface area (Å²) in [5, 5.41) is 2.81. The molecule has 0 heteroatoms. The second kappa shape index (κ2) is 8.02. The molecule has 2 aliphatic carbocycles. The lowest BCUT2D eigenvalue weighted by molar-refractivity contribution is 0.610. The fourth-order valence-corrected chi connectivity index (χ4v) is 4.84. The minimum absolute atomic E-state index is 0.572. The topological polar surface area (TPSA) is 0 Å². The summed E-state index contributed by atoms with van der Waals surface area (Å²) in [4.78, 5) is 0. The molecule has 0 spiro atoms. The third kappa shape index (κ3) is 3.36. The zero-order valence-electron chi connectivity index (χ0n) is 16.7. The van der Waals surface area contributed by atoms with E-state index >= 15 is 0 Å². The van der Waals surface area contributed by atoms with Crippen LogP contribution in [0.4, 0.5) is 0 Å². The van der Waals surface area contributed by atoms with Crippen molar-refractivity contribution in [3.8, 4) is 0 Å². The largest absolute Gasteiger partial charge is 0.106 e. The van der Waals surface area contributed by atoms with Crippen molar-refractivity contribution in [2.45, 2.75) is 38.5 Å². The van der Waals surface area contributed by atoms with Crippen LogP contribution in [0.2, 0.25) is 0 Å². The highest BCUT2D eigenvalue weighted by molar-refractivity contribution is 5.88. The fraction of sp³-hybridized carbons (Fsp3) is 0.214. The van der Waals surface area contributed by atoms with Gasteiger partial charge in [0.25, 0.3) is 0 Å². The zero-order chi connectivity index (χ0) is 19.5. The van der Waals surface area contributed by atoms with E-state index < -0.39 is 0 Å². The Morgan fingerprint density at radius 1 is 0.893 bits per heavy atom. The van der Waals surface area contributed by atoms with Gasteiger partial charge >= 0.3 is 0 Å². The number of hydrogen-bond donors (Lipinski definition) is 0. The molecule has 3 aromatic rings. The lowest BCUT2D eigenvalue weighted by Crippen LogP contribution is -2.09. The molecule has 3 aromatic carbocycles. The molecule has 2 aliphatic rings. The summed E-state index contributed by atoms with van der Waals surface area (Å²) >= 11 is 0. The lowest BCUT2D eigenvalue weighted by atomic mass is 9.77. The Morgan fingerprint density at radius 3 is 2.54 bits per heavy atom. The first-order valence-corrected chi connectivity index (χ1v) is 10.3. The summed E-state index contributed by atoms with van der Waals surface area (Å²) in [6, 6.07) is 24.7. The van der Waals surface area contributed by atoms with Gasteiger partial charge in [-0.15, -0.1) is 13.2 Å². The lowest BCUT2D eigenvalue weighted by Gasteiger charge is -2.27. The van der Waals surface area contributed by atoms with E-state index in [1.54, 1.807) is 11.1 Å². The van der Waals surface area contributed by atoms with Crippen LogP contribution < -0.4 is 0 Å². The Balaban J connectivity index is 0.000000932. The predicted molar refractivity (Wildman–Crippen MR) is 123 cm³/mol. The Labute approximate surface area is 168 Å². The third-order valence-corrected chi connectivity index (χ3v) is 6.09. The Bertz CT molecular complexity index is 1050. The molecule has 5 rings (SSSR count). The van der Waals surface area contributed by atoms with Gasteiger partial charge in [-0.05, 0) is 65.7 Å². The van der Waals surface area contributed by atoms with Crippen LogP contribution in [0.15, 0.2) is 97.1 Å². The Hall–Kier alpha value is -2.86. The highest BCUT2D eigenvalue weighted by Gasteiger charge is 2.29. The van der Waals surface area contributed by atoms with Gasteiger partial charge in [0.15, 0.2) is 0 Å². The molecule has 0 bridgehead atoms. The van der Waals surface area contributed by atoms with Gasteiger partial charge in [0, 0.05) is 5.92 Å². The molecule has 28 heavy (non-hydrogen) atoms. The van der Waals surface area contributed by atoms with Crippen LogP contribution in [-0.4, -0.2) is 0 Å². The summed E-state index contributed by atoms with van der Waals surface area (Å²) in [5.41, 5.74) is 9.02. The van der Waals surface area contributed by atoms with Crippen molar-refractivity contribution in [2.24, 2.45) is 0 Å². The van der Waals surface area contributed by atoms with Crippen LogP contribution in [0.3, 0.4) is 0 Å². The van der Waals surface area contributed by atoms with Gasteiger partial charge in [-0.2, -0.15) is 0 Å². The van der Waals surface area contributed by atoms with E-state index in [0.29, 0.717) is 5.92 Å². The fourth-order valence-electron chi connectivity index (χ4n) is 4.84. The standard InChI is InChI=1S/C26H24.C2H4/c1-18-13-14-23-20(15-18)9-5-11-24(23)25-12-6-10-21-16-22(17-26(21)25)19-7-3-2-4-8-19;1-2/h2-5,7-9,11,13-16,25H,6,10,12,17H2,1H3;1-2H2. The highest BCUT2D eigenvalue weighted by atomic mass is 14.3. The molecule has 0 fully saturated rings. The highest BCUT2D eigenvalue weighted by Crippen LogP contribution is 2.48. The van der Waals surface area contributed by atoms with E-state index in [1.165, 1.54) is 52.3 Å². The summed E-state index contributed by atoms with van der Waals surface area (Å²) < 4.78 is 0. The Kier molecular flexibility index (Phi) is 5.30. The summed E-state index contributed by atoms with van der Waals surface area (Å²) in [6.45, 7) is 8.18. The predicted octanol–water partition coefficient (Wildman–Crippen LogP) is 8.00. The van der Waals surface area contributed by atoms with Crippen molar-refractivity contribution in [1.29, 1.82) is 0 Å². The van der Waals surface area contributed by atoms with E-state index in [2.05, 4.69) is 92.9 Å². The minimum Gasteiger partial charge on any atom is -0.106 e. The van der Waals surface area contributed by atoms with Crippen LogP contribution in [0.1, 0.15) is 48.3 Å². The van der Waals surface area contributed by atoms with Crippen molar-refractivity contribution in [1.82, 2.24) is 0 Å². The molecule has 0 saturated carbocycles. The van der Waals surface area contributed by atoms with Crippen molar-refractivity contribution in [3.05, 3.63) is 114 Å². The van der Waals surface area contributed by atoms with Gasteiger partial charge in [0.05, 0.1) is 0 Å². The van der Waals surface area contributed by atoms with Gasteiger partial charge in [-0.3, -0.25) is 0 Å². The summed E-state index contributed by atoms with van der Waals surface area (Å²) in [6.07, 6.45) is 7.41. The molecule has 140 valence electrons. The average molecular weight is 365 g/mol. The van der Waals surface area contributed by atoms with E-state index in [-0.39, 0.29) is 0 Å². The maximum Gasteiger partial charge on any atom is 0.00635 e. The molecule has 0 amide bonds. The normalized spacial score (nSPS) is 18.3. The van der Waals surface area contributed by atoms with Crippen LogP contribution in [0, 0.1) is 6.92 Å². The molecule has 0 nitrogen and oxygen atoms in total. The van der Waals surface area contributed by atoms with Gasteiger partial charge < -0.3 is 0 Å². The average Bonchev–Trinajstić information content (AvgIpc) is 3.20. The van der Waals surface area contributed by atoms with Gasteiger partial charge in [-0.25, -0.2) is 0 Å². The monoisotopic (exact) mass is 364 g/mol. The molecule has 0 saturated heterocycles. The number of fused-ring (bicyclic) bond motifs is 1. The molecular formula is C28H28. The smallest absolute Gasteiger partial charge is 0.00635 e. The molecule has 0 aromatic heterocycles. The molecular weight excluding hydrogens is 336 g/mol. The number of hydrogen-bond acceptors (Lipinski definition) is 0. The number of benzene rings is 3. The third-order valence-electron chi connectivity index (χ3n) is 6.09. The van der Waals surface area contributed by atoms with E-state index in [1.807, 2.05) is 0 Å². The van der Waals surface area contributed by atoms with Crippen molar-refractivity contribution < 1.29 is 0 Å². The van der Waals surface area contributed by atoms with Gasteiger partial charge in [0.1, 0.15) is 0 Å². The van der Waals surface area contributed by atoms with Crippen LogP contribution >= 0.6 is 0 Å². The summed E-state index contributed by atoms with van der Waals surface area (Å²) in [7, 11) is 0. The van der Waals surface area contributed by atoms with Crippen molar-refractivity contribution in [3.63, 3.8) is 0 Å². The maximum absolute atomic E-state index is 3.00. The minimum atomic E-state index is 0.572. The number of aryl methyl sites for hydroxylation is 1. The van der Waals surface area contributed by atoms with Crippen molar-refractivity contribution in [2.75, 3.05) is 0 Å². The molecule has 0 aliphatic heterocycles. The van der Waals surface area contributed by atoms with Crippen LogP contribution in [0.25, 0.3) is 16.3 Å². The van der Waals surface area contributed by atoms with Gasteiger partial charge in [0.2, 0.25) is 0 Å². The van der Waals surface area contributed by atoms with Gasteiger partial charge in [-0.1, -0.05) is 83.9 Å².